The third-order valence-electron chi connectivity index (χ3n) is 2.09. The average molecular weight is 222 g/mol. The maximum atomic E-state index is 10.9. The second kappa shape index (κ2) is 5.16. The van der Waals surface area contributed by atoms with Gasteiger partial charge in [-0.1, -0.05) is 6.07 Å². The molecule has 0 saturated carbocycles. The molecule has 0 saturated heterocycles. The molecular weight excluding hydrogens is 208 g/mol. The van der Waals surface area contributed by atoms with Crippen molar-refractivity contribution in [1.82, 2.24) is 0 Å². The van der Waals surface area contributed by atoms with Crippen molar-refractivity contribution in [1.29, 1.82) is 0 Å². The molecule has 0 aliphatic rings. The molecule has 0 aliphatic carbocycles. The molecule has 0 fully saturated rings. The van der Waals surface area contributed by atoms with Gasteiger partial charge in [-0.15, -0.1) is 0 Å². The predicted molar refractivity (Wildman–Crippen MR) is 60.4 cm³/mol. The Labute approximate surface area is 93.3 Å². The monoisotopic (exact) mass is 222 g/mol. The normalized spacial score (nSPS) is 9.81. The molecule has 0 bridgehead atoms. The Bertz CT molecular complexity index is 416. The number of nitrogens with one attached hydrogen (secondary N) is 1. The number of carbonyl (C=O) groups excluding carboxylic acids is 1. The van der Waals surface area contributed by atoms with Crippen LogP contribution in [0, 0.1) is 6.92 Å². The molecule has 16 heavy (non-hydrogen) atoms. The number of hydrogen-bond acceptors (Lipinski definition) is 3. The van der Waals surface area contributed by atoms with E-state index in [1.165, 1.54) is 6.07 Å². The van der Waals surface area contributed by atoms with Gasteiger partial charge in [-0.05, 0) is 24.6 Å². The Kier molecular flexibility index (Phi) is 3.88. The summed E-state index contributed by atoms with van der Waals surface area (Å²) in [5.74, 6) is -1.42. The zero-order valence-corrected chi connectivity index (χ0v) is 8.99. The number of nitrogens with two attached hydrogens (primary N) is 1. The van der Waals surface area contributed by atoms with Crippen LogP contribution in [0.15, 0.2) is 18.2 Å². The first kappa shape index (κ1) is 12.0. The van der Waals surface area contributed by atoms with Crippen molar-refractivity contribution in [2.24, 2.45) is 5.73 Å². The molecule has 0 atom stereocenters. The van der Waals surface area contributed by atoms with E-state index >= 15 is 0 Å². The van der Waals surface area contributed by atoms with Crippen molar-refractivity contribution in [2.75, 3.05) is 11.9 Å². The maximum absolute atomic E-state index is 10.9. The van der Waals surface area contributed by atoms with Gasteiger partial charge in [0.1, 0.15) is 0 Å². The first-order valence-corrected chi connectivity index (χ1v) is 4.87. The topological polar surface area (TPSA) is 92.4 Å². The summed E-state index contributed by atoms with van der Waals surface area (Å²) in [5.41, 5.74) is 6.64. The van der Waals surface area contributed by atoms with Gasteiger partial charge in [0.15, 0.2) is 0 Å². The van der Waals surface area contributed by atoms with E-state index in [9.17, 15) is 9.59 Å². The second-order valence-corrected chi connectivity index (χ2v) is 3.50. The van der Waals surface area contributed by atoms with Gasteiger partial charge in [0, 0.05) is 18.7 Å². The minimum atomic E-state index is -0.999. The van der Waals surface area contributed by atoms with Gasteiger partial charge in [-0.2, -0.15) is 0 Å². The SMILES string of the molecule is Cc1ccc(C(=O)O)c(NCCC(N)=O)c1. The third kappa shape index (κ3) is 3.27. The van der Waals surface area contributed by atoms with E-state index in [4.69, 9.17) is 10.8 Å². The highest BCUT2D eigenvalue weighted by atomic mass is 16.4. The van der Waals surface area contributed by atoms with Crippen molar-refractivity contribution in [2.45, 2.75) is 13.3 Å². The molecule has 5 nitrogen and oxygen atoms in total. The molecule has 0 aliphatic heterocycles. The van der Waals surface area contributed by atoms with Crippen LogP contribution in [0.3, 0.4) is 0 Å². The van der Waals surface area contributed by atoms with Crippen molar-refractivity contribution in [3.8, 4) is 0 Å². The highest BCUT2D eigenvalue weighted by Gasteiger charge is 2.09. The Morgan fingerprint density at radius 1 is 1.44 bits per heavy atom. The number of primary amides is 1. The van der Waals surface area contributed by atoms with Crippen LogP contribution in [0.5, 0.6) is 0 Å². The van der Waals surface area contributed by atoms with Crippen molar-refractivity contribution in [3.05, 3.63) is 29.3 Å². The number of carboxylic acid groups (broad SMARTS) is 1. The summed E-state index contributed by atoms with van der Waals surface area (Å²) >= 11 is 0. The molecule has 0 radical (unpaired) electrons. The summed E-state index contributed by atoms with van der Waals surface area (Å²) in [7, 11) is 0. The number of aryl methyl sites for hydroxylation is 1. The van der Waals surface area contributed by atoms with Crippen LogP contribution < -0.4 is 11.1 Å². The van der Waals surface area contributed by atoms with Gasteiger partial charge in [-0.3, -0.25) is 4.79 Å². The van der Waals surface area contributed by atoms with Crippen LogP contribution in [-0.4, -0.2) is 23.5 Å². The van der Waals surface area contributed by atoms with E-state index in [1.807, 2.05) is 6.92 Å². The fourth-order valence-electron chi connectivity index (χ4n) is 1.31. The van der Waals surface area contributed by atoms with Crippen LogP contribution >= 0.6 is 0 Å². The van der Waals surface area contributed by atoms with Crippen LogP contribution in [-0.2, 0) is 4.79 Å². The smallest absolute Gasteiger partial charge is 0.337 e. The molecule has 0 unspecified atom stereocenters. The van der Waals surface area contributed by atoms with Crippen molar-refractivity contribution >= 4 is 17.6 Å². The zero-order chi connectivity index (χ0) is 12.1. The molecule has 86 valence electrons. The Balaban J connectivity index is 2.80. The van der Waals surface area contributed by atoms with Crippen molar-refractivity contribution in [3.63, 3.8) is 0 Å². The standard InChI is InChI=1S/C11H14N2O3/c1-7-2-3-8(11(15)16)9(6-7)13-5-4-10(12)14/h2-3,6,13H,4-5H2,1H3,(H2,12,14)(H,15,16). The van der Waals surface area contributed by atoms with Gasteiger partial charge in [0.25, 0.3) is 0 Å². The zero-order valence-electron chi connectivity index (χ0n) is 8.99. The third-order valence-corrected chi connectivity index (χ3v) is 2.09. The lowest BCUT2D eigenvalue weighted by Gasteiger charge is -2.09. The summed E-state index contributed by atoms with van der Waals surface area (Å²) in [6.45, 7) is 2.20. The average Bonchev–Trinajstić information content (AvgIpc) is 2.16. The quantitative estimate of drug-likeness (QED) is 0.692. The molecule has 1 aromatic carbocycles. The van der Waals surface area contributed by atoms with E-state index in [0.717, 1.165) is 5.56 Å². The Morgan fingerprint density at radius 2 is 2.12 bits per heavy atom. The van der Waals surface area contributed by atoms with Crippen LogP contribution in [0.2, 0.25) is 0 Å². The lowest BCUT2D eigenvalue weighted by molar-refractivity contribution is -0.117. The number of amides is 1. The molecule has 1 rings (SSSR count). The van der Waals surface area contributed by atoms with Crippen LogP contribution in [0.1, 0.15) is 22.3 Å². The minimum Gasteiger partial charge on any atom is -0.478 e. The highest BCUT2D eigenvalue weighted by molar-refractivity contribution is 5.94. The predicted octanol–water partition coefficient (Wildman–Crippen LogP) is 0.981. The fraction of sp³-hybridized carbons (Fsp3) is 0.273. The second-order valence-electron chi connectivity index (χ2n) is 3.50. The summed E-state index contributed by atoms with van der Waals surface area (Å²) in [4.78, 5) is 21.4. The van der Waals surface area contributed by atoms with Gasteiger partial charge in [0.2, 0.25) is 5.91 Å². The first-order valence-electron chi connectivity index (χ1n) is 4.87. The highest BCUT2D eigenvalue weighted by Crippen LogP contribution is 2.17. The molecule has 0 spiro atoms. The molecule has 5 heteroatoms. The molecular formula is C11H14N2O3. The summed E-state index contributed by atoms with van der Waals surface area (Å²) in [5, 5.41) is 11.8. The molecule has 0 heterocycles. The number of hydrogen-bond donors (Lipinski definition) is 3. The van der Waals surface area contributed by atoms with Gasteiger partial charge in [0.05, 0.1) is 5.56 Å². The molecule has 1 aromatic rings. The lowest BCUT2D eigenvalue weighted by Crippen LogP contribution is -2.17. The van der Waals surface area contributed by atoms with E-state index in [0.29, 0.717) is 12.2 Å². The molecule has 4 N–H and O–H groups in total. The van der Waals surface area contributed by atoms with E-state index in [1.54, 1.807) is 12.1 Å². The number of carboxylic acids is 1. The van der Waals surface area contributed by atoms with Gasteiger partial charge in [-0.25, -0.2) is 4.79 Å². The Morgan fingerprint density at radius 3 is 2.69 bits per heavy atom. The number of aromatic carboxylic acids is 1. The molecule has 0 aromatic heterocycles. The van der Waals surface area contributed by atoms with Gasteiger partial charge < -0.3 is 16.2 Å². The summed E-state index contributed by atoms with van der Waals surface area (Å²) in [6.07, 6.45) is 0.174. The van der Waals surface area contributed by atoms with Crippen LogP contribution in [0.4, 0.5) is 5.69 Å². The van der Waals surface area contributed by atoms with Crippen molar-refractivity contribution < 1.29 is 14.7 Å². The summed E-state index contributed by atoms with van der Waals surface area (Å²) in [6, 6.07) is 4.98. The number of rotatable bonds is 5. The van der Waals surface area contributed by atoms with E-state index in [2.05, 4.69) is 5.32 Å². The first-order chi connectivity index (χ1) is 7.50. The lowest BCUT2D eigenvalue weighted by atomic mass is 10.1. The fourth-order valence-corrected chi connectivity index (χ4v) is 1.31. The number of benzene rings is 1. The van der Waals surface area contributed by atoms with Gasteiger partial charge >= 0.3 is 5.97 Å². The summed E-state index contributed by atoms with van der Waals surface area (Å²) < 4.78 is 0. The van der Waals surface area contributed by atoms with Crippen LogP contribution in [0.25, 0.3) is 0 Å². The largest absolute Gasteiger partial charge is 0.478 e. The Hall–Kier alpha value is -2.04. The molecule has 1 amide bonds. The minimum absolute atomic E-state index is 0.174. The van der Waals surface area contributed by atoms with E-state index < -0.39 is 11.9 Å². The number of anilines is 1. The number of carbonyl (C=O) groups is 2. The maximum Gasteiger partial charge on any atom is 0.337 e. The van der Waals surface area contributed by atoms with E-state index in [-0.39, 0.29) is 12.0 Å².